The molecule has 0 unspecified atom stereocenters. The molecule has 0 aromatic carbocycles. The minimum absolute atomic E-state index is 0.00320. The summed E-state index contributed by atoms with van der Waals surface area (Å²) in [4.78, 5) is 141. The molecule has 2 aliphatic rings. The molecule has 10 amide bonds. The maximum atomic E-state index is 14.5. The fourth-order valence-corrected chi connectivity index (χ4v) is 11.7. The number of amides is 10. The van der Waals surface area contributed by atoms with Crippen molar-refractivity contribution in [2.75, 3.05) is 32.8 Å². The van der Waals surface area contributed by atoms with E-state index in [0.29, 0.717) is 51.7 Å². The van der Waals surface area contributed by atoms with Gasteiger partial charge in [0.1, 0.15) is 46.8 Å². The van der Waals surface area contributed by atoms with Crippen molar-refractivity contribution in [1.29, 1.82) is 0 Å². The molecule has 0 aromatic rings. The van der Waals surface area contributed by atoms with Gasteiger partial charge in [0, 0.05) is 45.1 Å². The van der Waals surface area contributed by atoms with Crippen LogP contribution in [0.3, 0.4) is 0 Å². The van der Waals surface area contributed by atoms with Gasteiger partial charge in [-0.1, -0.05) is 164 Å². The summed E-state index contributed by atoms with van der Waals surface area (Å²) in [6.07, 6.45) is 23.0. The van der Waals surface area contributed by atoms with Gasteiger partial charge >= 0.3 is 0 Å². The molecule has 22 nitrogen and oxygen atoms in total. The molecule has 1 saturated carbocycles. The lowest BCUT2D eigenvalue weighted by molar-refractivity contribution is -0.141. The molecule has 0 spiro atoms. The number of hydrogen-bond acceptors (Lipinski definition) is 12. The van der Waals surface area contributed by atoms with Gasteiger partial charge in [-0.25, -0.2) is 0 Å². The lowest BCUT2D eigenvalue weighted by Crippen LogP contribution is -2.66. The van der Waals surface area contributed by atoms with Crippen LogP contribution in [0.2, 0.25) is 0 Å². The minimum Gasteiger partial charge on any atom is -0.395 e. The lowest BCUT2D eigenvalue weighted by Gasteiger charge is -2.35. The second-order valence-corrected chi connectivity index (χ2v) is 28.3. The molecule has 518 valence electrons. The number of rotatable bonds is 46. The van der Waals surface area contributed by atoms with E-state index in [-0.39, 0.29) is 80.4 Å². The second-order valence-electron chi connectivity index (χ2n) is 28.3. The van der Waals surface area contributed by atoms with Crippen molar-refractivity contribution in [3.8, 4) is 0 Å². The predicted molar refractivity (Wildman–Crippen MR) is 354 cm³/mol. The van der Waals surface area contributed by atoms with Crippen molar-refractivity contribution in [1.82, 2.24) is 58.1 Å². The minimum atomic E-state index is -1.63. The van der Waals surface area contributed by atoms with Gasteiger partial charge in [0.2, 0.25) is 59.1 Å². The molecule has 11 N–H and O–H groups in total. The quantitative estimate of drug-likeness (QED) is 0.0277. The van der Waals surface area contributed by atoms with Gasteiger partial charge in [-0.05, 0) is 111 Å². The van der Waals surface area contributed by atoms with E-state index in [1.807, 2.05) is 34.6 Å². The third-order valence-corrected chi connectivity index (χ3v) is 17.2. The molecule has 0 radical (unpaired) electrons. The number of aliphatic hydroxyl groups is 1. The molecule has 22 heteroatoms. The largest absolute Gasteiger partial charge is 0.395 e. The van der Waals surface area contributed by atoms with Gasteiger partial charge in [-0.3, -0.25) is 47.9 Å². The van der Waals surface area contributed by atoms with Crippen LogP contribution in [0.15, 0.2) is 0 Å². The van der Waals surface area contributed by atoms with Gasteiger partial charge in [-0.2, -0.15) is 0 Å². The van der Waals surface area contributed by atoms with Gasteiger partial charge in [-0.15, -0.1) is 0 Å². The number of likely N-dealkylation sites (tertiary alicyclic amines) is 1. The third kappa shape index (κ3) is 31.8. The van der Waals surface area contributed by atoms with Crippen LogP contribution in [0, 0.1) is 17.8 Å². The number of nitrogens with one attached hydrogen (secondary N) is 10. The zero-order valence-electron chi connectivity index (χ0n) is 58.0. The highest BCUT2D eigenvalue weighted by atomic mass is 16.3. The molecular formula is C68H125N11O11. The molecule has 1 saturated heterocycles. The summed E-state index contributed by atoms with van der Waals surface area (Å²) in [5.74, 6) is -5.05. The van der Waals surface area contributed by atoms with E-state index in [9.17, 15) is 47.9 Å². The highest BCUT2D eigenvalue weighted by Crippen LogP contribution is 2.29. The van der Waals surface area contributed by atoms with E-state index in [4.69, 9.17) is 5.11 Å². The number of aliphatic hydroxyl groups excluding tert-OH is 1. The molecule has 90 heavy (non-hydrogen) atoms. The Morgan fingerprint density at radius 3 is 1.54 bits per heavy atom. The van der Waals surface area contributed by atoms with E-state index in [0.717, 1.165) is 89.9 Å². The summed E-state index contributed by atoms with van der Waals surface area (Å²) < 4.78 is 0. The lowest BCUT2D eigenvalue weighted by atomic mass is 9.84. The summed E-state index contributed by atoms with van der Waals surface area (Å²) in [6, 6.07) is -5.17. The first-order chi connectivity index (χ1) is 42.5. The molecule has 2 fully saturated rings. The molecule has 1 heterocycles. The van der Waals surface area contributed by atoms with Crippen molar-refractivity contribution in [3.05, 3.63) is 0 Å². The van der Waals surface area contributed by atoms with Crippen LogP contribution in [0.25, 0.3) is 0 Å². The Morgan fingerprint density at radius 1 is 0.489 bits per heavy atom. The Hall–Kier alpha value is -5.38. The van der Waals surface area contributed by atoms with Crippen molar-refractivity contribution in [2.24, 2.45) is 17.8 Å². The highest BCUT2D eigenvalue weighted by molar-refractivity contribution is 6.00. The summed E-state index contributed by atoms with van der Waals surface area (Å²) >= 11 is 0. The van der Waals surface area contributed by atoms with Crippen molar-refractivity contribution < 1.29 is 53.1 Å². The van der Waals surface area contributed by atoms with Crippen molar-refractivity contribution in [2.45, 2.75) is 323 Å². The van der Waals surface area contributed by atoms with E-state index >= 15 is 0 Å². The van der Waals surface area contributed by atoms with Crippen LogP contribution in [0.1, 0.15) is 270 Å². The van der Waals surface area contributed by atoms with E-state index < -0.39 is 88.2 Å². The highest BCUT2D eigenvalue weighted by Gasteiger charge is 2.42. The van der Waals surface area contributed by atoms with Gasteiger partial charge in [0.05, 0.1) is 6.61 Å². The molecule has 0 aromatic heterocycles. The SMILES string of the molecule is CCCCCCCCCCCC(=O)N1CCC[C@H]1C(=O)N[C@@H](CC1CCCCC1)C(=O)NC(C)(C)C(=O)NC(C)(C)C(=O)N[C@@H](CCCCCCCC)C(=O)N[C@@H](CC(C)C)C(=O)NC(C)(C)C(=O)N[C@@H](CC(C)C)C(=O)NCCC(=O)N[C@@H](C)CNCCO. The maximum absolute atomic E-state index is 14.5. The van der Waals surface area contributed by atoms with Gasteiger partial charge in [0.15, 0.2) is 0 Å². The summed E-state index contributed by atoms with van der Waals surface area (Å²) in [5, 5.41) is 37.6. The first-order valence-electron chi connectivity index (χ1n) is 34.9. The molecule has 2 rings (SSSR count). The van der Waals surface area contributed by atoms with E-state index in [2.05, 4.69) is 67.0 Å². The Kier molecular flexibility index (Phi) is 38.3. The Bertz CT molecular complexity index is 2220. The standard InChI is InChI=1S/C68H125N11O11/c1-14-16-18-20-22-23-24-26-31-37-57(82)79-41-32-36-55(79)62(87)73-54(45-50-33-28-27-29-34-50)61(86)77-68(12,13)65(90)78-67(10,11)64(89)74-51(35-30-25-21-19-17-15-2)59(84)72-53(44-48(5)6)60(85)76-66(8,9)63(88)75-52(43-47(3)4)58(83)70-39-38-56(81)71-49(7)46-69-40-42-80/h47-55,69,80H,14-46H2,1-13H3,(H,70,83)(H,71,81)(H,72,84)(H,73,87)(H,74,89)(H,75,88)(H,76,85)(H,77,86)(H,78,90)/t49-,51-,52-,53-,54-,55-/m0/s1. The number of nitrogens with zero attached hydrogens (tertiary/aromatic N) is 1. The summed E-state index contributed by atoms with van der Waals surface area (Å²) in [6.45, 7) is 24.0. The summed E-state index contributed by atoms with van der Waals surface area (Å²) in [5.41, 5.74) is -4.81. The fraction of sp³-hybridized carbons (Fsp3) is 0.853. The van der Waals surface area contributed by atoms with Crippen LogP contribution in [0.5, 0.6) is 0 Å². The molecule has 6 atom stereocenters. The molecule has 1 aliphatic carbocycles. The fourth-order valence-electron chi connectivity index (χ4n) is 11.7. The molecule has 0 bridgehead atoms. The van der Waals surface area contributed by atoms with E-state index in [1.165, 1.54) is 73.6 Å². The zero-order chi connectivity index (χ0) is 67.5. The van der Waals surface area contributed by atoms with Crippen LogP contribution in [-0.4, -0.2) is 155 Å². The first-order valence-corrected chi connectivity index (χ1v) is 34.9. The second kappa shape index (κ2) is 42.7. The van der Waals surface area contributed by atoms with Crippen LogP contribution < -0.4 is 53.2 Å². The van der Waals surface area contributed by atoms with Crippen molar-refractivity contribution >= 4 is 59.1 Å². The number of unbranched alkanes of at least 4 members (excludes halogenated alkanes) is 13. The monoisotopic (exact) mass is 1270 g/mol. The van der Waals surface area contributed by atoms with Gasteiger partial charge in [0.25, 0.3) is 0 Å². The zero-order valence-corrected chi connectivity index (χ0v) is 58.0. The van der Waals surface area contributed by atoms with Crippen molar-refractivity contribution in [3.63, 3.8) is 0 Å². The number of carbonyl (C=O) groups excluding carboxylic acids is 10. The normalized spacial score (nSPS) is 16.5. The summed E-state index contributed by atoms with van der Waals surface area (Å²) in [7, 11) is 0. The average Bonchev–Trinajstić information content (AvgIpc) is 1.69. The van der Waals surface area contributed by atoms with Gasteiger partial charge < -0.3 is 63.2 Å². The maximum Gasteiger partial charge on any atom is 0.246 e. The number of carbonyl (C=O) groups is 10. The molecular weight excluding hydrogens is 1150 g/mol. The smallest absolute Gasteiger partial charge is 0.246 e. The van der Waals surface area contributed by atoms with E-state index in [1.54, 1.807) is 4.90 Å². The predicted octanol–water partition coefficient (Wildman–Crippen LogP) is 6.93. The Morgan fingerprint density at radius 2 is 0.989 bits per heavy atom. The Labute approximate surface area is 541 Å². The van der Waals surface area contributed by atoms with Crippen LogP contribution >= 0.6 is 0 Å². The number of hydrogen-bond donors (Lipinski definition) is 11. The van der Waals surface area contributed by atoms with Crippen LogP contribution in [-0.2, 0) is 47.9 Å². The topological polar surface area (TPSA) is 314 Å². The average molecular weight is 1270 g/mol. The third-order valence-electron chi connectivity index (χ3n) is 17.2. The first kappa shape index (κ1) is 80.7. The molecule has 1 aliphatic heterocycles. The Balaban J connectivity index is 2.24. The van der Waals surface area contributed by atoms with Crippen LogP contribution in [0.4, 0.5) is 0 Å².